The smallest absolute Gasteiger partial charge is 0.241 e. The Hall–Kier alpha value is -2.34. The number of hydrogen-bond donors (Lipinski definition) is 0. The van der Waals surface area contributed by atoms with Crippen LogP contribution in [0.2, 0.25) is 0 Å². The lowest BCUT2D eigenvalue weighted by atomic mass is 10.1. The molecule has 0 amide bonds. The molecule has 0 aliphatic carbocycles. The van der Waals surface area contributed by atoms with E-state index in [2.05, 4.69) is 20.9 Å². The molecule has 1 aliphatic heterocycles. The summed E-state index contributed by atoms with van der Waals surface area (Å²) >= 11 is 3.47. The first kappa shape index (κ1) is 13.3. The van der Waals surface area contributed by atoms with Crippen LogP contribution in [0.25, 0.3) is 22.3 Å². The van der Waals surface area contributed by atoms with Crippen LogP contribution in [0, 0.1) is 0 Å². The Morgan fingerprint density at radius 1 is 1.14 bits per heavy atom. The summed E-state index contributed by atoms with van der Waals surface area (Å²) in [5.41, 5.74) is 3.00. The summed E-state index contributed by atoms with van der Waals surface area (Å²) in [6, 6.07) is 11.6. The Balaban J connectivity index is 1.98. The van der Waals surface area contributed by atoms with Gasteiger partial charge in [0.2, 0.25) is 12.7 Å². The van der Waals surface area contributed by atoms with Crippen LogP contribution >= 0.6 is 15.9 Å². The molecule has 5 nitrogen and oxygen atoms in total. The Labute approximate surface area is 135 Å². The number of methoxy groups -OCH3 is 1. The molecule has 0 N–H and O–H groups in total. The first-order chi connectivity index (χ1) is 10.8. The van der Waals surface area contributed by atoms with Crippen molar-refractivity contribution in [2.45, 2.75) is 0 Å². The third kappa shape index (κ3) is 2.07. The molecular formula is C16H11BrN2O3. The third-order valence-electron chi connectivity index (χ3n) is 3.43. The number of halogens is 1. The van der Waals surface area contributed by atoms with Crippen molar-refractivity contribution in [3.63, 3.8) is 0 Å². The molecule has 0 radical (unpaired) electrons. The quantitative estimate of drug-likeness (QED) is 0.697. The normalized spacial score (nSPS) is 12.6. The number of fused-ring (bicyclic) bond motifs is 3. The fourth-order valence-electron chi connectivity index (χ4n) is 2.43. The zero-order valence-corrected chi connectivity index (χ0v) is 13.3. The second kappa shape index (κ2) is 5.14. The topological polar surface area (TPSA) is 53.5 Å². The van der Waals surface area contributed by atoms with E-state index in [-0.39, 0.29) is 6.79 Å². The summed E-state index contributed by atoms with van der Waals surface area (Å²) in [5.74, 6) is 1.75. The number of rotatable bonds is 2. The van der Waals surface area contributed by atoms with E-state index in [4.69, 9.17) is 19.2 Å². The van der Waals surface area contributed by atoms with E-state index in [9.17, 15) is 0 Å². The predicted molar refractivity (Wildman–Crippen MR) is 85.3 cm³/mol. The van der Waals surface area contributed by atoms with Crippen LogP contribution in [0.3, 0.4) is 0 Å². The van der Waals surface area contributed by atoms with Gasteiger partial charge in [0.15, 0.2) is 11.5 Å². The Morgan fingerprint density at radius 2 is 2.05 bits per heavy atom. The average molecular weight is 359 g/mol. The summed E-state index contributed by atoms with van der Waals surface area (Å²) in [6.45, 7) is 0.200. The molecule has 0 atom stereocenters. The van der Waals surface area contributed by atoms with Crippen LogP contribution in [0.1, 0.15) is 0 Å². The highest BCUT2D eigenvalue weighted by Gasteiger charge is 2.21. The van der Waals surface area contributed by atoms with E-state index >= 15 is 0 Å². The van der Waals surface area contributed by atoms with Crippen molar-refractivity contribution >= 4 is 27.0 Å². The molecule has 2 aromatic carbocycles. The highest BCUT2D eigenvalue weighted by Crippen LogP contribution is 2.40. The summed E-state index contributed by atoms with van der Waals surface area (Å²) in [6.07, 6.45) is 0. The number of ether oxygens (including phenoxy) is 3. The van der Waals surface area contributed by atoms with Gasteiger partial charge in [0, 0.05) is 10.0 Å². The van der Waals surface area contributed by atoms with Crippen molar-refractivity contribution in [2.75, 3.05) is 13.9 Å². The van der Waals surface area contributed by atoms with Gasteiger partial charge in [-0.1, -0.05) is 28.1 Å². The van der Waals surface area contributed by atoms with E-state index in [1.54, 1.807) is 7.11 Å². The van der Waals surface area contributed by atoms with Crippen molar-refractivity contribution in [3.8, 4) is 28.6 Å². The van der Waals surface area contributed by atoms with Gasteiger partial charge in [-0.05, 0) is 24.3 Å². The zero-order valence-electron chi connectivity index (χ0n) is 11.7. The van der Waals surface area contributed by atoms with Gasteiger partial charge in [0.1, 0.15) is 11.2 Å². The van der Waals surface area contributed by atoms with Gasteiger partial charge in [-0.25, -0.2) is 9.97 Å². The maximum atomic E-state index is 5.49. The van der Waals surface area contributed by atoms with Crippen LogP contribution in [-0.4, -0.2) is 23.9 Å². The minimum absolute atomic E-state index is 0.200. The molecule has 3 aromatic rings. The molecule has 0 unspecified atom stereocenters. The van der Waals surface area contributed by atoms with Gasteiger partial charge < -0.3 is 14.2 Å². The number of aromatic nitrogens is 2. The molecule has 6 heteroatoms. The third-order valence-corrected chi connectivity index (χ3v) is 3.92. The monoisotopic (exact) mass is 358 g/mol. The Bertz CT molecular complexity index is 883. The van der Waals surface area contributed by atoms with Crippen LogP contribution < -0.4 is 14.2 Å². The lowest BCUT2D eigenvalue weighted by Crippen LogP contribution is -1.97. The van der Waals surface area contributed by atoms with Crippen molar-refractivity contribution in [1.29, 1.82) is 0 Å². The average Bonchev–Trinajstić information content (AvgIpc) is 3.02. The Morgan fingerprint density at radius 3 is 2.86 bits per heavy atom. The second-order valence-electron chi connectivity index (χ2n) is 4.76. The lowest BCUT2D eigenvalue weighted by molar-refractivity contribution is 0.174. The lowest BCUT2D eigenvalue weighted by Gasteiger charge is -2.10. The van der Waals surface area contributed by atoms with Crippen LogP contribution in [-0.2, 0) is 0 Å². The van der Waals surface area contributed by atoms with Crippen molar-refractivity contribution in [1.82, 2.24) is 9.97 Å². The van der Waals surface area contributed by atoms with E-state index in [1.165, 1.54) is 0 Å². The largest absolute Gasteiger partial charge is 0.479 e. The maximum Gasteiger partial charge on any atom is 0.241 e. The fourth-order valence-corrected chi connectivity index (χ4v) is 2.83. The van der Waals surface area contributed by atoms with Gasteiger partial charge in [0.05, 0.1) is 12.6 Å². The molecule has 1 aliphatic rings. The first-order valence-electron chi connectivity index (χ1n) is 6.66. The minimum atomic E-state index is 0.200. The number of nitrogens with zero attached hydrogens (tertiary/aromatic N) is 2. The summed E-state index contributed by atoms with van der Waals surface area (Å²) in [7, 11) is 1.58. The van der Waals surface area contributed by atoms with Gasteiger partial charge in [0.25, 0.3) is 0 Å². The van der Waals surface area contributed by atoms with Gasteiger partial charge >= 0.3 is 0 Å². The SMILES string of the molecule is COc1nc2c3c(ccc2nc1-c1cccc(Br)c1)OCO3. The molecule has 22 heavy (non-hydrogen) atoms. The predicted octanol–water partition coefficient (Wildman–Crippen LogP) is 3.80. The number of benzene rings is 2. The van der Waals surface area contributed by atoms with Crippen molar-refractivity contribution < 1.29 is 14.2 Å². The van der Waals surface area contributed by atoms with Gasteiger partial charge in [-0.2, -0.15) is 0 Å². The summed E-state index contributed by atoms with van der Waals surface area (Å²) < 4.78 is 17.3. The first-order valence-corrected chi connectivity index (χ1v) is 7.46. The van der Waals surface area contributed by atoms with Crippen molar-refractivity contribution in [2.24, 2.45) is 0 Å². The van der Waals surface area contributed by atoms with Crippen LogP contribution in [0.15, 0.2) is 40.9 Å². The standard InChI is InChI=1S/C16H11BrN2O3/c1-20-16-13(9-3-2-4-10(17)7-9)18-11-5-6-12-15(14(11)19-16)22-8-21-12/h2-7H,8H2,1H3. The van der Waals surface area contributed by atoms with Crippen molar-refractivity contribution in [3.05, 3.63) is 40.9 Å². The zero-order chi connectivity index (χ0) is 15.1. The van der Waals surface area contributed by atoms with Gasteiger partial charge in [-0.3, -0.25) is 0 Å². The molecule has 0 spiro atoms. The summed E-state index contributed by atoms with van der Waals surface area (Å²) in [4.78, 5) is 9.26. The molecular weight excluding hydrogens is 348 g/mol. The molecule has 0 saturated carbocycles. The molecule has 2 heterocycles. The van der Waals surface area contributed by atoms with E-state index in [0.29, 0.717) is 28.6 Å². The van der Waals surface area contributed by atoms with E-state index < -0.39 is 0 Å². The van der Waals surface area contributed by atoms with Crippen LogP contribution in [0.4, 0.5) is 0 Å². The molecule has 0 saturated heterocycles. The Kier molecular flexibility index (Phi) is 3.11. The second-order valence-corrected chi connectivity index (χ2v) is 5.67. The van der Waals surface area contributed by atoms with E-state index in [0.717, 1.165) is 15.6 Å². The minimum Gasteiger partial charge on any atom is -0.479 e. The molecule has 1 aromatic heterocycles. The fraction of sp³-hybridized carbons (Fsp3) is 0.125. The summed E-state index contributed by atoms with van der Waals surface area (Å²) in [5, 5.41) is 0. The maximum absolute atomic E-state index is 5.49. The molecule has 0 fully saturated rings. The van der Waals surface area contributed by atoms with E-state index in [1.807, 2.05) is 36.4 Å². The highest BCUT2D eigenvalue weighted by atomic mass is 79.9. The molecule has 4 rings (SSSR count). The highest BCUT2D eigenvalue weighted by molar-refractivity contribution is 9.10. The molecule has 0 bridgehead atoms. The van der Waals surface area contributed by atoms with Crippen LogP contribution in [0.5, 0.6) is 17.4 Å². The molecule has 110 valence electrons. The van der Waals surface area contributed by atoms with Gasteiger partial charge in [-0.15, -0.1) is 0 Å². The number of hydrogen-bond acceptors (Lipinski definition) is 5.